The molecule has 0 radical (unpaired) electrons. The van der Waals surface area contributed by atoms with Crippen LogP contribution in [0.2, 0.25) is 0 Å². The normalized spacial score (nSPS) is 17.1. The minimum Gasteiger partial charge on any atom is -0.508 e. The molecule has 4 heteroatoms. The lowest BCUT2D eigenvalue weighted by Crippen LogP contribution is -2.58. The van der Waals surface area contributed by atoms with Crippen LogP contribution in [-0.4, -0.2) is 17.2 Å². The van der Waals surface area contributed by atoms with Crippen molar-refractivity contribution in [2.45, 2.75) is 44.2 Å². The van der Waals surface area contributed by atoms with E-state index in [2.05, 4.69) is 276 Å². The number of benzene rings is 11. The van der Waals surface area contributed by atoms with Crippen molar-refractivity contribution in [3.8, 4) is 72.5 Å². The van der Waals surface area contributed by atoms with Crippen LogP contribution in [0.5, 0.6) is 5.75 Å². The molecule has 2 saturated heterocycles. The zero-order valence-corrected chi connectivity index (χ0v) is 44.2. The van der Waals surface area contributed by atoms with Gasteiger partial charge in [0.25, 0.3) is 0 Å². The molecule has 4 fully saturated rings. The predicted molar refractivity (Wildman–Crippen MR) is 330 cm³/mol. The molecular formula is C75H61N3O. The van der Waals surface area contributed by atoms with E-state index in [1.54, 1.807) is 6.07 Å². The Bertz CT molecular complexity index is 3760. The van der Waals surface area contributed by atoms with Crippen LogP contribution in [0.15, 0.2) is 279 Å². The maximum atomic E-state index is 11.7. The Balaban J connectivity index is 1.11. The van der Waals surface area contributed by atoms with Crippen LogP contribution < -0.4 is 14.7 Å². The summed E-state index contributed by atoms with van der Waals surface area (Å²) in [5.74, 6) is 1.76. The molecule has 0 spiro atoms. The molecule has 2 aliphatic heterocycles. The molecule has 2 heterocycles. The van der Waals surface area contributed by atoms with E-state index in [1.165, 1.54) is 37.8 Å². The Hall–Kier alpha value is -9.38. The third-order valence-electron chi connectivity index (χ3n) is 16.9. The minimum absolute atomic E-state index is 0.205. The number of phenols is 1. The summed E-state index contributed by atoms with van der Waals surface area (Å²) in [5.41, 5.74) is 20.8. The lowest BCUT2D eigenvalue weighted by molar-refractivity contribution is 0.0900. The average molecular weight is 1020 g/mol. The van der Waals surface area contributed by atoms with E-state index in [0.29, 0.717) is 12.1 Å². The van der Waals surface area contributed by atoms with Crippen LogP contribution in [0.1, 0.15) is 32.1 Å². The van der Waals surface area contributed by atoms with Gasteiger partial charge in [-0.25, -0.2) is 0 Å². The zero-order chi connectivity index (χ0) is 52.7. The molecule has 0 aromatic heterocycles. The Labute approximate surface area is 464 Å². The highest BCUT2D eigenvalue weighted by atomic mass is 16.3. The van der Waals surface area contributed by atoms with Crippen molar-refractivity contribution in [3.05, 3.63) is 279 Å². The number of aromatic hydroxyl groups is 1. The molecule has 2 saturated carbocycles. The maximum Gasteiger partial charge on any atom is 0.117 e. The van der Waals surface area contributed by atoms with E-state index in [4.69, 9.17) is 0 Å². The summed E-state index contributed by atoms with van der Waals surface area (Å²) in [6, 6.07) is 102. The average Bonchev–Trinajstić information content (AvgIpc) is 3.70. The van der Waals surface area contributed by atoms with Crippen LogP contribution >= 0.6 is 0 Å². The Morgan fingerprint density at radius 1 is 0.278 bits per heavy atom. The standard InChI is InChI=1S/C75H61N3O/c79-69-38-22-37-63(51-69)78(75-72(58-31-16-5-17-32-58)46-61(55-25-10-2-11-26-55)47-73(75)59-33-18-6-19-34-59)68-49-66(76-64-40-52-39-53(42-64)43-65(76)41-52)48-67(50-68)77(62-35-20-7-21-36-62)74-70(56-27-12-3-13-28-56)44-60(54-23-8-1-9-24-54)45-71(74)57-29-14-4-15-30-57/h1-38,44-53,64-65,79H,39-43H2. The van der Waals surface area contributed by atoms with Gasteiger partial charge in [0.2, 0.25) is 0 Å². The first-order chi connectivity index (χ1) is 39.1. The van der Waals surface area contributed by atoms with Gasteiger partial charge in [0, 0.05) is 57.5 Å². The van der Waals surface area contributed by atoms with Crippen LogP contribution in [-0.2, 0) is 0 Å². The summed E-state index contributed by atoms with van der Waals surface area (Å²) in [5, 5.41) is 11.7. The highest BCUT2D eigenvalue weighted by molar-refractivity contribution is 6.04. The third-order valence-corrected chi connectivity index (χ3v) is 16.9. The fourth-order valence-corrected chi connectivity index (χ4v) is 13.7. The van der Waals surface area contributed by atoms with E-state index in [-0.39, 0.29) is 5.75 Å². The monoisotopic (exact) mass is 1020 g/mol. The number of piperidine rings is 2. The highest BCUT2D eigenvalue weighted by Gasteiger charge is 2.47. The number of anilines is 7. The number of para-hydroxylation sites is 1. The molecule has 79 heavy (non-hydrogen) atoms. The first-order valence-electron chi connectivity index (χ1n) is 28.1. The van der Waals surface area contributed by atoms with E-state index in [1.807, 2.05) is 12.1 Å². The van der Waals surface area contributed by atoms with Gasteiger partial charge in [0.05, 0.1) is 22.7 Å². The second-order valence-electron chi connectivity index (χ2n) is 21.9. The molecule has 15 rings (SSSR count). The van der Waals surface area contributed by atoms with Crippen LogP contribution in [0.3, 0.4) is 0 Å². The Morgan fingerprint density at radius 2 is 0.608 bits per heavy atom. The highest BCUT2D eigenvalue weighted by Crippen LogP contribution is 2.56. The van der Waals surface area contributed by atoms with E-state index in [0.717, 1.165) is 113 Å². The summed E-state index contributed by atoms with van der Waals surface area (Å²) < 4.78 is 0. The minimum atomic E-state index is 0.205. The van der Waals surface area contributed by atoms with Gasteiger partial charge in [-0.1, -0.05) is 206 Å². The summed E-state index contributed by atoms with van der Waals surface area (Å²) in [6.45, 7) is 0. The number of rotatable bonds is 13. The predicted octanol–water partition coefficient (Wildman–Crippen LogP) is 20.1. The molecule has 1 N–H and O–H groups in total. The van der Waals surface area contributed by atoms with E-state index in [9.17, 15) is 5.11 Å². The summed E-state index contributed by atoms with van der Waals surface area (Å²) in [4.78, 5) is 7.83. The molecule has 11 aromatic carbocycles. The molecule has 11 aromatic rings. The molecule has 4 aliphatic rings. The van der Waals surface area contributed by atoms with Crippen molar-refractivity contribution in [1.82, 2.24) is 0 Å². The number of hydrogen-bond acceptors (Lipinski definition) is 4. The SMILES string of the molecule is Oc1cccc(N(c2cc(N(c3ccccc3)c3c(-c4ccccc4)cc(-c4ccccc4)cc3-c3ccccc3)cc(N3C4CC5CC(C4)CC3C5)c2)c2c(-c3ccccc3)cc(-c3ccccc3)cc2-c2ccccc2)c1. The molecule has 4 nitrogen and oxygen atoms in total. The quantitative estimate of drug-likeness (QED) is 0.125. The topological polar surface area (TPSA) is 30.0 Å². The summed E-state index contributed by atoms with van der Waals surface area (Å²) in [7, 11) is 0. The molecule has 0 amide bonds. The fraction of sp³-hybridized carbons (Fsp3) is 0.120. The first kappa shape index (κ1) is 48.0. The lowest BCUT2D eigenvalue weighted by Gasteiger charge is -2.57. The van der Waals surface area contributed by atoms with Gasteiger partial charge >= 0.3 is 0 Å². The lowest BCUT2D eigenvalue weighted by atomic mass is 9.63. The Morgan fingerprint density at radius 3 is 0.975 bits per heavy atom. The van der Waals surface area contributed by atoms with Gasteiger partial charge in [-0.15, -0.1) is 0 Å². The third kappa shape index (κ3) is 9.34. The van der Waals surface area contributed by atoms with Crippen LogP contribution in [0.4, 0.5) is 39.8 Å². The molecule has 0 atom stereocenters. The maximum absolute atomic E-state index is 11.7. The van der Waals surface area contributed by atoms with Gasteiger partial charge in [0.15, 0.2) is 0 Å². The van der Waals surface area contributed by atoms with Gasteiger partial charge in [-0.05, 0) is 155 Å². The molecule has 4 bridgehead atoms. The smallest absolute Gasteiger partial charge is 0.117 e. The second-order valence-corrected chi connectivity index (χ2v) is 21.9. The Kier molecular flexibility index (Phi) is 12.7. The fourth-order valence-electron chi connectivity index (χ4n) is 13.7. The van der Waals surface area contributed by atoms with Crippen molar-refractivity contribution in [3.63, 3.8) is 0 Å². The van der Waals surface area contributed by atoms with Crippen molar-refractivity contribution in [2.75, 3.05) is 14.7 Å². The van der Waals surface area contributed by atoms with Crippen LogP contribution in [0.25, 0.3) is 66.8 Å². The molecule has 2 aliphatic carbocycles. The zero-order valence-electron chi connectivity index (χ0n) is 44.2. The summed E-state index contributed by atoms with van der Waals surface area (Å²) in [6.07, 6.45) is 6.26. The van der Waals surface area contributed by atoms with E-state index >= 15 is 0 Å². The summed E-state index contributed by atoms with van der Waals surface area (Å²) >= 11 is 0. The van der Waals surface area contributed by atoms with Gasteiger partial charge in [0.1, 0.15) is 5.75 Å². The molecular weight excluding hydrogens is 959 g/mol. The van der Waals surface area contributed by atoms with Crippen molar-refractivity contribution < 1.29 is 5.11 Å². The number of hydrogen-bond donors (Lipinski definition) is 1. The second kappa shape index (κ2) is 20.9. The number of phenolic OH excluding ortho intramolecular Hbond substituents is 1. The number of nitrogens with zero attached hydrogens (tertiary/aromatic N) is 3. The van der Waals surface area contributed by atoms with Gasteiger partial charge in [-0.3, -0.25) is 0 Å². The van der Waals surface area contributed by atoms with Gasteiger partial charge in [-0.2, -0.15) is 0 Å². The largest absolute Gasteiger partial charge is 0.508 e. The molecule has 382 valence electrons. The first-order valence-corrected chi connectivity index (χ1v) is 28.1. The van der Waals surface area contributed by atoms with E-state index < -0.39 is 0 Å². The van der Waals surface area contributed by atoms with Crippen molar-refractivity contribution in [1.29, 1.82) is 0 Å². The van der Waals surface area contributed by atoms with Gasteiger partial charge < -0.3 is 19.8 Å². The van der Waals surface area contributed by atoms with Crippen molar-refractivity contribution >= 4 is 39.8 Å². The molecule has 0 unspecified atom stereocenters. The van der Waals surface area contributed by atoms with Crippen molar-refractivity contribution in [2.24, 2.45) is 11.8 Å². The van der Waals surface area contributed by atoms with Crippen LogP contribution in [0, 0.1) is 11.8 Å².